The Morgan fingerprint density at radius 2 is 1.74 bits per heavy atom. The Balaban J connectivity index is 1.94. The van der Waals surface area contributed by atoms with Gasteiger partial charge >= 0.3 is 0 Å². The molecule has 0 bridgehead atoms. The molecule has 0 atom stereocenters. The first-order valence-corrected chi connectivity index (χ1v) is 6.64. The molecule has 1 N–H and O–H groups in total. The summed E-state index contributed by atoms with van der Waals surface area (Å²) >= 11 is 11.2. The van der Waals surface area contributed by atoms with Crippen LogP contribution in [0.5, 0.6) is 5.75 Å². The average Bonchev–Trinajstić information content (AvgIpc) is 2.46. The number of nitrogens with one attached hydrogen (secondary N) is 1. The second kappa shape index (κ2) is 6.55. The third kappa shape index (κ3) is 3.94. The number of hydrogen-bond acceptors (Lipinski definition) is 2. The summed E-state index contributed by atoms with van der Waals surface area (Å²) in [6, 6.07) is 15.4. The van der Waals surface area contributed by atoms with Gasteiger partial charge in [-0.1, -0.05) is 48.1 Å². The Morgan fingerprint density at radius 1 is 1.11 bits per heavy atom. The maximum Gasteiger partial charge on any atom is 0.118 e. The van der Waals surface area contributed by atoms with E-state index in [0.717, 1.165) is 16.9 Å². The fraction of sp³-hybridized carbons (Fsp3) is 0.133. The van der Waals surface area contributed by atoms with Crippen LogP contribution in [0.15, 0.2) is 48.5 Å². The smallest absolute Gasteiger partial charge is 0.118 e. The molecular formula is C15H14ClNOS. The number of halogens is 1. The maximum atomic E-state index is 5.84. The lowest BCUT2D eigenvalue weighted by Crippen LogP contribution is -2.21. The minimum Gasteiger partial charge on any atom is -0.497 e. The molecule has 0 saturated heterocycles. The highest BCUT2D eigenvalue weighted by Gasteiger charge is 2.01. The highest BCUT2D eigenvalue weighted by Crippen LogP contribution is 2.12. The van der Waals surface area contributed by atoms with Crippen molar-refractivity contribution in [3.05, 3.63) is 64.7 Å². The highest BCUT2D eigenvalue weighted by atomic mass is 35.5. The van der Waals surface area contributed by atoms with Crippen LogP contribution in [-0.2, 0) is 6.54 Å². The highest BCUT2D eigenvalue weighted by molar-refractivity contribution is 7.80. The summed E-state index contributed by atoms with van der Waals surface area (Å²) in [7, 11) is 1.66. The van der Waals surface area contributed by atoms with Crippen molar-refractivity contribution in [1.29, 1.82) is 0 Å². The molecule has 0 aliphatic heterocycles. The molecular weight excluding hydrogens is 278 g/mol. The maximum absolute atomic E-state index is 5.84. The van der Waals surface area contributed by atoms with Gasteiger partial charge in [-0.3, -0.25) is 0 Å². The Morgan fingerprint density at radius 3 is 2.32 bits per heavy atom. The van der Waals surface area contributed by atoms with Crippen LogP contribution in [-0.4, -0.2) is 12.1 Å². The van der Waals surface area contributed by atoms with Gasteiger partial charge in [0.15, 0.2) is 0 Å². The molecule has 2 rings (SSSR count). The van der Waals surface area contributed by atoms with Crippen molar-refractivity contribution in [2.75, 3.05) is 7.11 Å². The second-order valence-corrected chi connectivity index (χ2v) is 4.88. The van der Waals surface area contributed by atoms with E-state index in [1.54, 1.807) is 7.11 Å². The van der Waals surface area contributed by atoms with E-state index in [1.807, 2.05) is 48.5 Å². The van der Waals surface area contributed by atoms with Gasteiger partial charge in [-0.15, -0.1) is 0 Å². The van der Waals surface area contributed by atoms with Gasteiger partial charge in [0.05, 0.1) is 7.11 Å². The van der Waals surface area contributed by atoms with Crippen molar-refractivity contribution in [3.8, 4) is 5.75 Å². The molecule has 4 heteroatoms. The summed E-state index contributed by atoms with van der Waals surface area (Å²) in [6.45, 7) is 0.686. The van der Waals surface area contributed by atoms with E-state index < -0.39 is 0 Å². The van der Waals surface area contributed by atoms with Crippen molar-refractivity contribution < 1.29 is 4.74 Å². The SMILES string of the molecule is COc1ccc(CNC(=S)c2ccc(Cl)cc2)cc1. The van der Waals surface area contributed by atoms with E-state index in [1.165, 1.54) is 0 Å². The van der Waals surface area contributed by atoms with E-state index in [4.69, 9.17) is 28.6 Å². The van der Waals surface area contributed by atoms with Crippen LogP contribution in [0, 0.1) is 0 Å². The number of hydrogen-bond donors (Lipinski definition) is 1. The fourth-order valence-electron chi connectivity index (χ4n) is 1.63. The first-order chi connectivity index (χ1) is 9.19. The number of ether oxygens (including phenoxy) is 1. The molecule has 0 unspecified atom stereocenters. The quantitative estimate of drug-likeness (QED) is 0.866. The van der Waals surface area contributed by atoms with Gasteiger partial charge < -0.3 is 10.1 Å². The van der Waals surface area contributed by atoms with Crippen molar-refractivity contribution in [1.82, 2.24) is 5.32 Å². The molecule has 0 spiro atoms. The van der Waals surface area contributed by atoms with Crippen molar-refractivity contribution in [2.24, 2.45) is 0 Å². The Kier molecular flexibility index (Phi) is 4.77. The number of methoxy groups -OCH3 is 1. The van der Waals surface area contributed by atoms with Crippen LogP contribution < -0.4 is 10.1 Å². The molecule has 2 nitrogen and oxygen atoms in total. The molecule has 0 saturated carbocycles. The van der Waals surface area contributed by atoms with Crippen molar-refractivity contribution in [2.45, 2.75) is 6.54 Å². The van der Waals surface area contributed by atoms with Crippen LogP contribution in [0.1, 0.15) is 11.1 Å². The van der Waals surface area contributed by atoms with Crippen LogP contribution in [0.2, 0.25) is 5.02 Å². The normalized spacial score (nSPS) is 10.0. The number of benzene rings is 2. The third-order valence-corrected chi connectivity index (χ3v) is 3.35. The lowest BCUT2D eigenvalue weighted by Gasteiger charge is -2.09. The van der Waals surface area contributed by atoms with Crippen LogP contribution >= 0.6 is 23.8 Å². The third-order valence-electron chi connectivity index (χ3n) is 2.72. The summed E-state index contributed by atoms with van der Waals surface area (Å²) in [6.07, 6.45) is 0. The lowest BCUT2D eigenvalue weighted by atomic mass is 10.2. The predicted molar refractivity (Wildman–Crippen MR) is 83.0 cm³/mol. The lowest BCUT2D eigenvalue weighted by molar-refractivity contribution is 0.414. The first kappa shape index (κ1) is 13.8. The van der Waals surface area contributed by atoms with Gasteiger partial charge in [-0.2, -0.15) is 0 Å². The zero-order valence-corrected chi connectivity index (χ0v) is 12.1. The van der Waals surface area contributed by atoms with Crippen molar-refractivity contribution in [3.63, 3.8) is 0 Å². The van der Waals surface area contributed by atoms with E-state index >= 15 is 0 Å². The van der Waals surface area contributed by atoms with Gasteiger partial charge in [0.2, 0.25) is 0 Å². The average molecular weight is 292 g/mol. The fourth-order valence-corrected chi connectivity index (χ4v) is 1.96. The minimum atomic E-state index is 0.686. The second-order valence-electron chi connectivity index (χ2n) is 4.04. The standard InChI is InChI=1S/C15H14ClNOS/c1-18-14-8-2-11(3-9-14)10-17-15(19)12-4-6-13(16)7-5-12/h2-9H,10H2,1H3,(H,17,19). The summed E-state index contributed by atoms with van der Waals surface area (Å²) in [5.41, 5.74) is 2.12. The topological polar surface area (TPSA) is 21.3 Å². The number of thiocarbonyl (C=S) groups is 1. The van der Waals surface area contributed by atoms with E-state index in [2.05, 4.69) is 5.32 Å². The summed E-state index contributed by atoms with van der Waals surface area (Å²) in [5, 5.41) is 3.93. The van der Waals surface area contributed by atoms with E-state index in [9.17, 15) is 0 Å². The minimum absolute atomic E-state index is 0.686. The summed E-state index contributed by atoms with van der Waals surface area (Å²) in [5.74, 6) is 0.851. The van der Waals surface area contributed by atoms with Crippen LogP contribution in [0.25, 0.3) is 0 Å². The molecule has 0 aromatic heterocycles. The molecule has 2 aromatic rings. The first-order valence-electron chi connectivity index (χ1n) is 5.86. The largest absolute Gasteiger partial charge is 0.497 e. The molecule has 98 valence electrons. The Bertz CT molecular complexity index is 551. The van der Waals surface area contributed by atoms with Gasteiger partial charge in [-0.25, -0.2) is 0 Å². The monoisotopic (exact) mass is 291 g/mol. The molecule has 0 amide bonds. The zero-order valence-electron chi connectivity index (χ0n) is 10.5. The van der Waals surface area contributed by atoms with Gasteiger partial charge in [-0.05, 0) is 29.8 Å². The molecule has 0 radical (unpaired) electrons. The molecule has 19 heavy (non-hydrogen) atoms. The molecule has 0 heterocycles. The Hall–Kier alpha value is -1.58. The van der Waals surface area contributed by atoms with E-state index in [0.29, 0.717) is 16.6 Å². The summed E-state index contributed by atoms with van der Waals surface area (Å²) in [4.78, 5) is 0.715. The van der Waals surface area contributed by atoms with Gasteiger partial charge in [0.1, 0.15) is 10.7 Å². The Labute approximate surface area is 123 Å². The summed E-state index contributed by atoms with van der Waals surface area (Å²) < 4.78 is 5.12. The van der Waals surface area contributed by atoms with Crippen molar-refractivity contribution >= 4 is 28.8 Å². The van der Waals surface area contributed by atoms with Crippen LogP contribution in [0.3, 0.4) is 0 Å². The molecule has 2 aromatic carbocycles. The molecule has 0 fully saturated rings. The number of rotatable bonds is 4. The van der Waals surface area contributed by atoms with E-state index in [-0.39, 0.29) is 0 Å². The van der Waals surface area contributed by atoms with Crippen LogP contribution in [0.4, 0.5) is 0 Å². The van der Waals surface area contributed by atoms with Gasteiger partial charge in [0.25, 0.3) is 0 Å². The van der Waals surface area contributed by atoms with Gasteiger partial charge in [0, 0.05) is 17.1 Å². The predicted octanol–water partition coefficient (Wildman–Crippen LogP) is 3.81. The molecule has 0 aliphatic rings. The molecule has 0 aliphatic carbocycles. The zero-order chi connectivity index (χ0) is 13.7.